The molecule has 2 rings (SSSR count). The molecule has 0 aliphatic rings. The zero-order chi connectivity index (χ0) is 8.39. The van der Waals surface area contributed by atoms with E-state index in [1.165, 1.54) is 0 Å². The molecule has 60 valence electrons. The highest BCUT2D eigenvalue weighted by molar-refractivity contribution is 5.71. The minimum Gasteiger partial charge on any atom is -0.398 e. The summed E-state index contributed by atoms with van der Waals surface area (Å²) in [6, 6.07) is 9.31. The summed E-state index contributed by atoms with van der Waals surface area (Å²) in [4.78, 5) is 0. The summed E-state index contributed by atoms with van der Waals surface area (Å²) in [6.45, 7) is 0. The van der Waals surface area contributed by atoms with Crippen molar-refractivity contribution in [1.29, 1.82) is 0 Å². The molecule has 12 heavy (non-hydrogen) atoms. The van der Waals surface area contributed by atoms with Gasteiger partial charge in [-0.25, -0.2) is 0 Å². The molecule has 0 saturated heterocycles. The predicted molar refractivity (Wildman–Crippen MR) is 46.4 cm³/mol. The van der Waals surface area contributed by atoms with Crippen LogP contribution in [-0.4, -0.2) is 5.16 Å². The van der Waals surface area contributed by atoms with E-state index in [1.807, 2.05) is 24.3 Å². The van der Waals surface area contributed by atoms with Crippen molar-refractivity contribution in [2.45, 2.75) is 0 Å². The lowest BCUT2D eigenvalue weighted by Gasteiger charge is -1.98. The summed E-state index contributed by atoms with van der Waals surface area (Å²) in [7, 11) is 0. The standard InChI is InChI=1S/C9H8N2O/c10-8-4-2-1-3-7(8)9-5-6-11-12-9/h1-6H,10H2. The molecule has 0 aliphatic carbocycles. The quantitative estimate of drug-likeness (QED) is 0.648. The fourth-order valence-electron chi connectivity index (χ4n) is 1.08. The van der Waals surface area contributed by atoms with Crippen molar-refractivity contribution in [1.82, 2.24) is 5.16 Å². The van der Waals surface area contributed by atoms with Gasteiger partial charge in [-0.2, -0.15) is 0 Å². The molecule has 3 heteroatoms. The molecule has 0 saturated carbocycles. The number of hydrogen-bond acceptors (Lipinski definition) is 3. The third-order valence-electron chi connectivity index (χ3n) is 1.66. The van der Waals surface area contributed by atoms with Gasteiger partial charge in [0.25, 0.3) is 0 Å². The summed E-state index contributed by atoms with van der Waals surface area (Å²) >= 11 is 0. The maximum Gasteiger partial charge on any atom is 0.168 e. The first-order chi connectivity index (χ1) is 5.88. The van der Waals surface area contributed by atoms with Crippen LogP contribution in [0.15, 0.2) is 41.1 Å². The van der Waals surface area contributed by atoms with Crippen LogP contribution in [0, 0.1) is 0 Å². The largest absolute Gasteiger partial charge is 0.398 e. The summed E-state index contributed by atoms with van der Waals surface area (Å²) in [5.41, 5.74) is 7.31. The number of rotatable bonds is 1. The van der Waals surface area contributed by atoms with Gasteiger partial charge in [-0.1, -0.05) is 17.3 Å². The van der Waals surface area contributed by atoms with Gasteiger partial charge in [-0.3, -0.25) is 0 Å². The average Bonchev–Trinajstić information content (AvgIpc) is 2.57. The van der Waals surface area contributed by atoms with Crippen molar-refractivity contribution in [2.75, 3.05) is 5.73 Å². The molecule has 0 atom stereocenters. The number of benzene rings is 1. The van der Waals surface area contributed by atoms with Crippen molar-refractivity contribution < 1.29 is 4.52 Å². The Kier molecular flexibility index (Phi) is 1.55. The zero-order valence-corrected chi connectivity index (χ0v) is 6.40. The summed E-state index contributed by atoms with van der Waals surface area (Å²) < 4.78 is 4.97. The SMILES string of the molecule is Nc1ccccc1-c1ccno1. The number of para-hydroxylation sites is 1. The Morgan fingerprint density at radius 2 is 2.00 bits per heavy atom. The second-order valence-corrected chi connectivity index (χ2v) is 2.46. The second kappa shape index (κ2) is 2.70. The Morgan fingerprint density at radius 3 is 2.67 bits per heavy atom. The number of anilines is 1. The minimum absolute atomic E-state index is 0.702. The molecule has 0 fully saturated rings. The molecular weight excluding hydrogens is 152 g/mol. The minimum atomic E-state index is 0.702. The molecule has 0 bridgehead atoms. The van der Waals surface area contributed by atoms with Gasteiger partial charge in [0.15, 0.2) is 5.76 Å². The Balaban J connectivity index is 2.55. The highest BCUT2D eigenvalue weighted by Crippen LogP contribution is 2.24. The monoisotopic (exact) mass is 160 g/mol. The lowest BCUT2D eigenvalue weighted by molar-refractivity contribution is 0.432. The highest BCUT2D eigenvalue weighted by Gasteiger charge is 2.03. The number of nitrogens with zero attached hydrogens (tertiary/aromatic N) is 1. The molecule has 0 unspecified atom stereocenters. The van der Waals surface area contributed by atoms with Gasteiger partial charge in [0.2, 0.25) is 0 Å². The number of hydrogen-bond donors (Lipinski definition) is 1. The maximum atomic E-state index is 5.72. The normalized spacial score (nSPS) is 10.0. The number of nitrogen functional groups attached to an aromatic ring is 1. The van der Waals surface area contributed by atoms with Crippen LogP contribution in [-0.2, 0) is 0 Å². The molecule has 0 spiro atoms. The van der Waals surface area contributed by atoms with E-state index in [4.69, 9.17) is 10.3 Å². The number of nitrogens with two attached hydrogens (primary N) is 1. The van der Waals surface area contributed by atoms with Crippen molar-refractivity contribution in [3.8, 4) is 11.3 Å². The van der Waals surface area contributed by atoms with E-state index in [0.29, 0.717) is 11.4 Å². The van der Waals surface area contributed by atoms with Crippen LogP contribution in [0.5, 0.6) is 0 Å². The van der Waals surface area contributed by atoms with Crippen LogP contribution in [0.4, 0.5) is 5.69 Å². The lowest BCUT2D eigenvalue weighted by atomic mass is 10.1. The Hall–Kier alpha value is -1.77. The zero-order valence-electron chi connectivity index (χ0n) is 6.40. The van der Waals surface area contributed by atoms with Crippen LogP contribution in [0.25, 0.3) is 11.3 Å². The third-order valence-corrected chi connectivity index (χ3v) is 1.66. The van der Waals surface area contributed by atoms with E-state index in [2.05, 4.69) is 5.16 Å². The van der Waals surface area contributed by atoms with Gasteiger partial charge in [-0.05, 0) is 12.1 Å². The first kappa shape index (κ1) is 6.91. The molecular formula is C9H8N2O. The molecule has 1 aromatic carbocycles. The van der Waals surface area contributed by atoms with Crippen molar-refractivity contribution in [2.24, 2.45) is 0 Å². The average molecular weight is 160 g/mol. The topological polar surface area (TPSA) is 52.0 Å². The van der Waals surface area contributed by atoms with Crippen LogP contribution in [0.2, 0.25) is 0 Å². The fourth-order valence-corrected chi connectivity index (χ4v) is 1.08. The van der Waals surface area contributed by atoms with Crippen LogP contribution >= 0.6 is 0 Å². The van der Waals surface area contributed by atoms with Crippen molar-refractivity contribution in [3.63, 3.8) is 0 Å². The molecule has 2 N–H and O–H groups in total. The van der Waals surface area contributed by atoms with Gasteiger partial charge in [0.05, 0.1) is 6.20 Å². The van der Waals surface area contributed by atoms with Crippen LogP contribution in [0.3, 0.4) is 0 Å². The lowest BCUT2D eigenvalue weighted by Crippen LogP contribution is -1.87. The maximum absolute atomic E-state index is 5.72. The fraction of sp³-hybridized carbons (Fsp3) is 0. The third kappa shape index (κ3) is 1.05. The summed E-state index contributed by atoms with van der Waals surface area (Å²) in [5.74, 6) is 0.702. The van der Waals surface area contributed by atoms with Crippen LogP contribution < -0.4 is 5.73 Å². The highest BCUT2D eigenvalue weighted by atomic mass is 16.5. The Morgan fingerprint density at radius 1 is 1.17 bits per heavy atom. The second-order valence-electron chi connectivity index (χ2n) is 2.46. The predicted octanol–water partition coefficient (Wildman–Crippen LogP) is 1.92. The van der Waals surface area contributed by atoms with Crippen molar-refractivity contribution >= 4 is 5.69 Å². The van der Waals surface area contributed by atoms with Gasteiger partial charge in [0.1, 0.15) is 0 Å². The Labute approximate surface area is 69.8 Å². The van der Waals surface area contributed by atoms with E-state index < -0.39 is 0 Å². The summed E-state index contributed by atoms with van der Waals surface area (Å²) in [5, 5.41) is 3.61. The molecule has 1 aromatic heterocycles. The smallest absolute Gasteiger partial charge is 0.168 e. The summed E-state index contributed by atoms with van der Waals surface area (Å²) in [6.07, 6.45) is 1.60. The molecule has 0 radical (unpaired) electrons. The van der Waals surface area contributed by atoms with E-state index in [-0.39, 0.29) is 0 Å². The Bertz CT molecular complexity index is 368. The molecule has 3 nitrogen and oxygen atoms in total. The van der Waals surface area contributed by atoms with Crippen LogP contribution in [0.1, 0.15) is 0 Å². The molecule has 1 heterocycles. The van der Waals surface area contributed by atoms with Crippen molar-refractivity contribution in [3.05, 3.63) is 36.5 Å². The van der Waals surface area contributed by atoms with E-state index in [0.717, 1.165) is 5.56 Å². The van der Waals surface area contributed by atoms with Gasteiger partial charge < -0.3 is 10.3 Å². The number of aromatic nitrogens is 1. The van der Waals surface area contributed by atoms with Gasteiger partial charge in [-0.15, -0.1) is 0 Å². The van der Waals surface area contributed by atoms with E-state index >= 15 is 0 Å². The van der Waals surface area contributed by atoms with Gasteiger partial charge in [0, 0.05) is 17.3 Å². The first-order valence-corrected chi connectivity index (χ1v) is 3.63. The first-order valence-electron chi connectivity index (χ1n) is 3.63. The van der Waals surface area contributed by atoms with E-state index in [1.54, 1.807) is 12.3 Å². The van der Waals surface area contributed by atoms with E-state index in [9.17, 15) is 0 Å². The molecule has 0 amide bonds. The van der Waals surface area contributed by atoms with Gasteiger partial charge >= 0.3 is 0 Å². The molecule has 0 aliphatic heterocycles. The molecule has 2 aromatic rings.